The molecule has 37 heavy (non-hydrogen) atoms. The third-order valence-electron chi connectivity index (χ3n) is 6.31. The molecular weight excluding hydrogens is 493 g/mol. The number of methoxy groups -OCH3 is 1. The molecule has 0 spiro atoms. The van der Waals surface area contributed by atoms with E-state index in [1.807, 2.05) is 17.5 Å². The van der Waals surface area contributed by atoms with Crippen LogP contribution in [0.2, 0.25) is 0 Å². The van der Waals surface area contributed by atoms with Crippen LogP contribution in [-0.2, 0) is 22.6 Å². The van der Waals surface area contributed by atoms with Gasteiger partial charge in [0.25, 0.3) is 5.91 Å². The van der Waals surface area contributed by atoms with Gasteiger partial charge in [0.2, 0.25) is 5.91 Å². The molecule has 1 aliphatic heterocycles. The quantitative estimate of drug-likeness (QED) is 0.380. The molecule has 1 saturated heterocycles. The molecule has 0 atom stereocenters. The minimum absolute atomic E-state index is 0.0538. The summed E-state index contributed by atoms with van der Waals surface area (Å²) >= 11 is 1.57. The molecule has 1 aliphatic rings. The Morgan fingerprint density at radius 3 is 2.38 bits per heavy atom. The fourth-order valence-electron chi connectivity index (χ4n) is 4.15. The molecule has 4 rings (SSSR count). The SMILES string of the molecule is COc1ccc(C(=O)N(CCN2CCOCC2)CC(=O)N(Cc2ccc(F)cc2)Cc2cccs2)cc1. The summed E-state index contributed by atoms with van der Waals surface area (Å²) in [5, 5.41) is 1.97. The second-order valence-electron chi connectivity index (χ2n) is 8.86. The number of ether oxygens (including phenoxy) is 2. The van der Waals surface area contributed by atoms with E-state index in [-0.39, 0.29) is 24.2 Å². The number of morpholine rings is 1. The van der Waals surface area contributed by atoms with Crippen LogP contribution in [0.1, 0.15) is 20.8 Å². The Hall–Kier alpha value is -3.27. The van der Waals surface area contributed by atoms with Crippen molar-refractivity contribution in [2.45, 2.75) is 13.1 Å². The Balaban J connectivity index is 1.52. The molecule has 0 saturated carbocycles. The van der Waals surface area contributed by atoms with E-state index in [9.17, 15) is 14.0 Å². The van der Waals surface area contributed by atoms with E-state index in [2.05, 4.69) is 4.90 Å². The van der Waals surface area contributed by atoms with Gasteiger partial charge >= 0.3 is 0 Å². The van der Waals surface area contributed by atoms with Gasteiger partial charge in [-0.05, 0) is 53.4 Å². The van der Waals surface area contributed by atoms with Crippen molar-refractivity contribution in [1.29, 1.82) is 0 Å². The molecule has 9 heteroatoms. The first-order valence-electron chi connectivity index (χ1n) is 12.3. The third kappa shape index (κ3) is 7.85. The molecule has 196 valence electrons. The Bertz CT molecular complexity index is 1130. The smallest absolute Gasteiger partial charge is 0.254 e. The summed E-state index contributed by atoms with van der Waals surface area (Å²) in [4.78, 5) is 33.8. The van der Waals surface area contributed by atoms with E-state index >= 15 is 0 Å². The van der Waals surface area contributed by atoms with Crippen LogP contribution in [0, 0.1) is 5.82 Å². The maximum absolute atomic E-state index is 13.6. The molecule has 2 aromatic carbocycles. The average Bonchev–Trinajstić information content (AvgIpc) is 3.45. The molecule has 1 fully saturated rings. The summed E-state index contributed by atoms with van der Waals surface area (Å²) < 4.78 is 24.1. The zero-order valence-electron chi connectivity index (χ0n) is 21.0. The topological polar surface area (TPSA) is 62.3 Å². The van der Waals surface area contributed by atoms with Gasteiger partial charge in [-0.2, -0.15) is 0 Å². The van der Waals surface area contributed by atoms with Gasteiger partial charge in [-0.15, -0.1) is 11.3 Å². The molecule has 0 radical (unpaired) electrons. The Labute approximate surface area is 221 Å². The maximum Gasteiger partial charge on any atom is 0.254 e. The fraction of sp³-hybridized carbons (Fsp3) is 0.357. The first-order valence-corrected chi connectivity index (χ1v) is 13.2. The number of hydrogen-bond donors (Lipinski definition) is 0. The van der Waals surface area contributed by atoms with Crippen LogP contribution in [0.3, 0.4) is 0 Å². The molecule has 0 aliphatic carbocycles. The first kappa shape index (κ1) is 26.8. The Morgan fingerprint density at radius 2 is 1.73 bits per heavy atom. The lowest BCUT2D eigenvalue weighted by Crippen LogP contribution is -2.47. The summed E-state index contributed by atoms with van der Waals surface area (Å²) in [5.41, 5.74) is 1.33. The van der Waals surface area contributed by atoms with E-state index < -0.39 is 0 Å². The molecule has 0 N–H and O–H groups in total. The largest absolute Gasteiger partial charge is 0.497 e. The van der Waals surface area contributed by atoms with Crippen LogP contribution in [0.15, 0.2) is 66.0 Å². The fourth-order valence-corrected chi connectivity index (χ4v) is 4.87. The highest BCUT2D eigenvalue weighted by Crippen LogP contribution is 2.17. The van der Waals surface area contributed by atoms with Crippen LogP contribution in [0.5, 0.6) is 5.75 Å². The van der Waals surface area contributed by atoms with Crippen molar-refractivity contribution in [1.82, 2.24) is 14.7 Å². The van der Waals surface area contributed by atoms with Crippen LogP contribution >= 0.6 is 11.3 Å². The van der Waals surface area contributed by atoms with Gasteiger partial charge in [-0.25, -0.2) is 4.39 Å². The summed E-state index contributed by atoms with van der Waals surface area (Å²) in [6, 6.07) is 17.0. The molecule has 2 amide bonds. The molecule has 2 heterocycles. The first-order chi connectivity index (χ1) is 18.0. The van der Waals surface area contributed by atoms with Crippen molar-refractivity contribution in [2.24, 2.45) is 0 Å². The predicted octanol–water partition coefficient (Wildman–Crippen LogP) is 3.90. The van der Waals surface area contributed by atoms with Crippen LogP contribution in [-0.4, -0.2) is 79.6 Å². The molecule has 7 nitrogen and oxygen atoms in total. The number of halogens is 1. The van der Waals surface area contributed by atoms with Gasteiger partial charge in [0.1, 0.15) is 18.1 Å². The molecule has 1 aromatic heterocycles. The average molecular weight is 526 g/mol. The zero-order valence-corrected chi connectivity index (χ0v) is 21.8. The highest BCUT2D eigenvalue weighted by molar-refractivity contribution is 7.09. The van der Waals surface area contributed by atoms with Crippen molar-refractivity contribution >= 4 is 23.2 Å². The highest BCUT2D eigenvalue weighted by atomic mass is 32.1. The van der Waals surface area contributed by atoms with Gasteiger partial charge < -0.3 is 19.3 Å². The molecule has 0 bridgehead atoms. The normalized spacial score (nSPS) is 13.8. The number of thiophene rings is 1. The third-order valence-corrected chi connectivity index (χ3v) is 7.17. The number of benzene rings is 2. The van der Waals surface area contributed by atoms with Crippen molar-refractivity contribution in [3.63, 3.8) is 0 Å². The lowest BCUT2D eigenvalue weighted by Gasteiger charge is -2.31. The highest BCUT2D eigenvalue weighted by Gasteiger charge is 2.24. The Morgan fingerprint density at radius 1 is 1.00 bits per heavy atom. The standard InChI is InChI=1S/C28H32FN3O4S/c1-35-25-10-6-23(7-11-25)28(34)31(13-12-30-14-16-36-17-15-30)21-27(33)32(20-26-3-2-18-37-26)19-22-4-8-24(29)9-5-22/h2-11,18H,12-17,19-21H2,1H3. The van der Waals surface area contributed by atoms with Crippen LogP contribution in [0.25, 0.3) is 0 Å². The minimum Gasteiger partial charge on any atom is -0.497 e. The van der Waals surface area contributed by atoms with E-state index in [0.29, 0.717) is 50.7 Å². The van der Waals surface area contributed by atoms with Gasteiger partial charge in [0, 0.05) is 43.2 Å². The predicted molar refractivity (Wildman–Crippen MR) is 141 cm³/mol. The monoisotopic (exact) mass is 525 g/mol. The molecule has 3 aromatic rings. The Kier molecular flexibility index (Phi) is 9.65. The number of amides is 2. The van der Waals surface area contributed by atoms with Gasteiger partial charge in [-0.1, -0.05) is 18.2 Å². The van der Waals surface area contributed by atoms with Crippen molar-refractivity contribution in [3.8, 4) is 5.75 Å². The lowest BCUT2D eigenvalue weighted by atomic mass is 10.1. The van der Waals surface area contributed by atoms with Gasteiger partial charge in [0.15, 0.2) is 0 Å². The van der Waals surface area contributed by atoms with E-state index in [1.165, 1.54) is 12.1 Å². The maximum atomic E-state index is 13.6. The number of nitrogens with zero attached hydrogens (tertiary/aromatic N) is 3. The number of carbonyl (C=O) groups is 2. The van der Waals surface area contributed by atoms with E-state index in [1.54, 1.807) is 64.6 Å². The number of hydrogen-bond acceptors (Lipinski definition) is 6. The molecule has 0 unspecified atom stereocenters. The van der Waals surface area contributed by atoms with Crippen molar-refractivity contribution in [2.75, 3.05) is 53.0 Å². The number of carbonyl (C=O) groups excluding carboxylic acids is 2. The second kappa shape index (κ2) is 13.3. The van der Waals surface area contributed by atoms with Crippen LogP contribution < -0.4 is 4.74 Å². The van der Waals surface area contributed by atoms with Crippen molar-refractivity contribution in [3.05, 3.63) is 87.9 Å². The number of rotatable bonds is 11. The zero-order chi connectivity index (χ0) is 26.0. The van der Waals surface area contributed by atoms with Gasteiger partial charge in [-0.3, -0.25) is 14.5 Å². The van der Waals surface area contributed by atoms with Gasteiger partial charge in [0.05, 0.1) is 26.9 Å². The lowest BCUT2D eigenvalue weighted by molar-refractivity contribution is -0.133. The summed E-state index contributed by atoms with van der Waals surface area (Å²) in [7, 11) is 1.58. The molecular formula is C28H32FN3O4S. The van der Waals surface area contributed by atoms with Crippen molar-refractivity contribution < 1.29 is 23.5 Å². The summed E-state index contributed by atoms with van der Waals surface area (Å²) in [6.45, 7) is 4.69. The van der Waals surface area contributed by atoms with E-state index in [4.69, 9.17) is 9.47 Å². The second-order valence-corrected chi connectivity index (χ2v) is 9.90. The summed E-state index contributed by atoms with van der Waals surface area (Å²) in [5.74, 6) is -0.0307. The minimum atomic E-state index is -0.320. The summed E-state index contributed by atoms with van der Waals surface area (Å²) in [6.07, 6.45) is 0. The van der Waals surface area contributed by atoms with Crippen LogP contribution in [0.4, 0.5) is 4.39 Å². The van der Waals surface area contributed by atoms with E-state index in [0.717, 1.165) is 23.5 Å².